The molecule has 0 aromatic heterocycles. The van der Waals surface area contributed by atoms with Gasteiger partial charge in [0, 0.05) is 11.5 Å². The van der Waals surface area contributed by atoms with Crippen LogP contribution in [0.15, 0.2) is 0 Å². The third-order valence-corrected chi connectivity index (χ3v) is 3.31. The van der Waals surface area contributed by atoms with Crippen molar-refractivity contribution in [1.82, 2.24) is 0 Å². The Bertz CT molecular complexity index is 154. The summed E-state index contributed by atoms with van der Waals surface area (Å²) in [6, 6.07) is 0. The normalized spacial score (nSPS) is 10.6. The van der Waals surface area contributed by atoms with Gasteiger partial charge in [-0.2, -0.15) is 0 Å². The van der Waals surface area contributed by atoms with Crippen molar-refractivity contribution in [2.45, 2.75) is 0 Å². The average Bonchev–Trinajstić information content (AvgIpc) is 1.63. The van der Waals surface area contributed by atoms with Crippen LogP contribution in [-0.2, 0) is 10.1 Å². The van der Waals surface area contributed by atoms with Crippen molar-refractivity contribution in [2.24, 2.45) is 0 Å². The molecule has 0 heterocycles. The zero-order valence-electron chi connectivity index (χ0n) is 5.86. The Morgan fingerprint density at radius 1 is 1.50 bits per heavy atom. The summed E-state index contributed by atoms with van der Waals surface area (Å²) < 4.78 is 29.8. The molecule has 0 atom stereocenters. The molecule has 0 aromatic carbocycles. The van der Waals surface area contributed by atoms with Gasteiger partial charge in [-0.05, 0) is 6.26 Å². The van der Waals surface area contributed by atoms with E-state index < -0.39 is 10.1 Å². The summed E-state index contributed by atoms with van der Waals surface area (Å²) in [5.74, 6) is 0.117. The van der Waals surface area contributed by atoms with Crippen LogP contribution in [0.5, 0.6) is 0 Å². The monoisotopic (exact) mass is 210 g/mol. The number of hydrogen-bond donors (Lipinski definition) is 0. The van der Waals surface area contributed by atoms with Gasteiger partial charge in [0.25, 0.3) is 0 Å². The smallest absolute Gasteiger partial charge is 0.748 e. The van der Waals surface area contributed by atoms with E-state index in [2.05, 4.69) is 0 Å². The van der Waals surface area contributed by atoms with Gasteiger partial charge < -0.3 is 4.55 Å². The predicted octanol–water partition coefficient (Wildman–Crippen LogP) is -2.45. The molecule has 7 heteroatoms. The fraction of sp³-hybridized carbons (Fsp3) is 1.00. The van der Waals surface area contributed by atoms with Gasteiger partial charge in [-0.15, -0.1) is 0 Å². The Morgan fingerprint density at radius 2 is 2.00 bits per heavy atom. The van der Waals surface area contributed by atoms with Crippen LogP contribution in [-0.4, -0.2) is 30.7 Å². The molecule has 0 aliphatic heterocycles. The van der Waals surface area contributed by atoms with Crippen LogP contribution in [0, 0.1) is 0 Å². The molecular formula is C3H7NaO3S3. The van der Waals surface area contributed by atoms with Gasteiger partial charge in [0.05, 0.1) is 10.1 Å². The van der Waals surface area contributed by atoms with E-state index in [0.717, 1.165) is 0 Å². The summed E-state index contributed by atoms with van der Waals surface area (Å²) in [7, 11) is -1.15. The van der Waals surface area contributed by atoms with Gasteiger partial charge in [0.2, 0.25) is 0 Å². The Morgan fingerprint density at radius 3 is 2.30 bits per heavy atom. The first kappa shape index (κ1) is 14.2. The standard InChI is InChI=1S/C3H8O3S3.Na/c1-7-8-2-3-9(4,5)6;/h2-3H2,1H3,(H,4,5,6);/q;+1/p-1. The second kappa shape index (κ2) is 7.27. The van der Waals surface area contributed by atoms with Gasteiger partial charge >= 0.3 is 29.6 Å². The van der Waals surface area contributed by atoms with Crippen LogP contribution in [0.3, 0.4) is 0 Å². The molecule has 0 aromatic rings. The summed E-state index contributed by atoms with van der Waals surface area (Å²) in [4.78, 5) is 0. The van der Waals surface area contributed by atoms with Crippen LogP contribution < -0.4 is 29.6 Å². The minimum Gasteiger partial charge on any atom is -0.748 e. The van der Waals surface area contributed by atoms with Crippen LogP contribution in [0.25, 0.3) is 0 Å². The average molecular weight is 210 g/mol. The number of rotatable bonds is 4. The van der Waals surface area contributed by atoms with Crippen molar-refractivity contribution in [2.75, 3.05) is 17.8 Å². The zero-order chi connectivity index (χ0) is 7.33. The third kappa shape index (κ3) is 12.3. The van der Waals surface area contributed by atoms with E-state index in [1.165, 1.54) is 21.6 Å². The SMILES string of the molecule is CSSCCS(=O)(=O)[O-].[Na+]. The Hall–Kier alpha value is 1.61. The van der Waals surface area contributed by atoms with E-state index >= 15 is 0 Å². The molecule has 10 heavy (non-hydrogen) atoms. The molecule has 0 fully saturated rings. The molecule has 0 bridgehead atoms. The summed E-state index contributed by atoms with van der Waals surface area (Å²) in [6.07, 6.45) is 1.84. The summed E-state index contributed by atoms with van der Waals surface area (Å²) >= 11 is 0. The molecule has 0 saturated carbocycles. The molecule has 3 nitrogen and oxygen atoms in total. The Kier molecular flexibility index (Phi) is 10.3. The second-order valence-corrected chi connectivity index (χ2v) is 5.46. The molecule has 0 spiro atoms. The van der Waals surface area contributed by atoms with E-state index in [0.29, 0.717) is 5.75 Å². The maximum atomic E-state index is 9.93. The van der Waals surface area contributed by atoms with E-state index in [1.54, 1.807) is 0 Å². The summed E-state index contributed by atoms with van der Waals surface area (Å²) in [5, 5.41) is 0. The topological polar surface area (TPSA) is 57.2 Å². The van der Waals surface area contributed by atoms with Crippen molar-refractivity contribution in [1.29, 1.82) is 0 Å². The largest absolute Gasteiger partial charge is 1.00 e. The zero-order valence-corrected chi connectivity index (χ0v) is 10.3. The van der Waals surface area contributed by atoms with Crippen molar-refractivity contribution >= 4 is 31.7 Å². The van der Waals surface area contributed by atoms with Crippen molar-refractivity contribution < 1.29 is 42.5 Å². The fourth-order valence-electron chi connectivity index (χ4n) is 0.219. The van der Waals surface area contributed by atoms with Gasteiger partial charge in [-0.1, -0.05) is 21.6 Å². The minimum atomic E-state index is -3.98. The first-order chi connectivity index (χ1) is 4.06. The third-order valence-electron chi connectivity index (χ3n) is 0.535. The molecule has 0 N–H and O–H groups in total. The molecule has 0 saturated heterocycles. The van der Waals surface area contributed by atoms with E-state index in [9.17, 15) is 13.0 Å². The van der Waals surface area contributed by atoms with E-state index in [-0.39, 0.29) is 35.3 Å². The maximum Gasteiger partial charge on any atom is 1.00 e. The van der Waals surface area contributed by atoms with Gasteiger partial charge in [0.15, 0.2) is 0 Å². The van der Waals surface area contributed by atoms with Crippen LogP contribution >= 0.6 is 21.6 Å². The van der Waals surface area contributed by atoms with Crippen molar-refractivity contribution in [3.63, 3.8) is 0 Å². The molecule has 56 valence electrons. The molecule has 0 amide bonds. The Balaban J connectivity index is 0. The van der Waals surface area contributed by atoms with Crippen LogP contribution in [0.4, 0.5) is 0 Å². The predicted molar refractivity (Wildman–Crippen MR) is 40.5 cm³/mol. The first-order valence-electron chi connectivity index (χ1n) is 2.15. The quantitative estimate of drug-likeness (QED) is 0.223. The fourth-order valence-corrected chi connectivity index (χ4v) is 2.59. The summed E-state index contributed by atoms with van der Waals surface area (Å²) in [6.45, 7) is 0. The van der Waals surface area contributed by atoms with Gasteiger partial charge in [0.1, 0.15) is 0 Å². The molecule has 0 aliphatic rings. The number of hydrogen-bond acceptors (Lipinski definition) is 5. The second-order valence-electron chi connectivity index (χ2n) is 1.25. The summed E-state index contributed by atoms with van der Waals surface area (Å²) in [5.41, 5.74) is 0. The van der Waals surface area contributed by atoms with E-state index in [4.69, 9.17) is 0 Å². The molecule has 0 unspecified atom stereocenters. The Labute approximate surface area is 91.2 Å². The molecule has 0 aliphatic carbocycles. The van der Waals surface area contributed by atoms with E-state index in [1.807, 2.05) is 6.26 Å². The minimum absolute atomic E-state index is 0. The van der Waals surface area contributed by atoms with Crippen molar-refractivity contribution in [3.05, 3.63) is 0 Å². The van der Waals surface area contributed by atoms with Gasteiger partial charge in [-0.25, -0.2) is 8.42 Å². The molecular weight excluding hydrogens is 203 g/mol. The van der Waals surface area contributed by atoms with Crippen LogP contribution in [0.1, 0.15) is 0 Å². The molecule has 0 rings (SSSR count). The first-order valence-corrected chi connectivity index (χ1v) is 6.46. The van der Waals surface area contributed by atoms with Gasteiger partial charge in [-0.3, -0.25) is 0 Å². The molecule has 0 radical (unpaired) electrons. The van der Waals surface area contributed by atoms with Crippen LogP contribution in [0.2, 0.25) is 0 Å². The van der Waals surface area contributed by atoms with Crippen molar-refractivity contribution in [3.8, 4) is 0 Å². The maximum absolute atomic E-state index is 9.93.